The minimum atomic E-state index is -1.50. The average molecular weight is 297 g/mol. The Labute approximate surface area is 126 Å². The van der Waals surface area contributed by atoms with Gasteiger partial charge in [-0.25, -0.2) is 0 Å². The summed E-state index contributed by atoms with van der Waals surface area (Å²) in [5.74, 6) is 0. The van der Waals surface area contributed by atoms with Gasteiger partial charge in [-0.15, -0.1) is 10.1 Å². The van der Waals surface area contributed by atoms with E-state index in [2.05, 4.69) is 72.7 Å². The Morgan fingerprint density at radius 2 is 1.33 bits per heavy atom. The average Bonchev–Trinajstić information content (AvgIpc) is 2.25. The first-order valence-electron chi connectivity index (χ1n) is 6.79. The molecule has 21 heavy (non-hydrogen) atoms. The maximum Gasteiger partial charge on any atom is 0.291 e. The van der Waals surface area contributed by atoms with Crippen LogP contribution in [0.1, 0.15) is 52.9 Å². The van der Waals surface area contributed by atoms with E-state index in [9.17, 15) is 0 Å². The molecule has 0 spiro atoms. The second kappa shape index (κ2) is 6.74. The SMILES string of the molecule is CN(C)c1cc(C(C)(C)C)nc(C(C)(C)C)c1.O=[N+]([O-])O. The second-order valence-corrected chi connectivity index (χ2v) is 7.23. The van der Waals surface area contributed by atoms with Gasteiger partial charge in [0.1, 0.15) is 0 Å². The minimum Gasteiger partial charge on any atom is -0.378 e. The highest BCUT2D eigenvalue weighted by atomic mass is 16.9. The maximum absolute atomic E-state index is 8.36. The van der Waals surface area contributed by atoms with Crippen molar-refractivity contribution in [3.05, 3.63) is 33.6 Å². The van der Waals surface area contributed by atoms with Crippen molar-refractivity contribution in [1.82, 2.24) is 4.98 Å². The molecule has 0 aliphatic heterocycles. The van der Waals surface area contributed by atoms with Crippen LogP contribution in [-0.4, -0.2) is 29.4 Å². The van der Waals surface area contributed by atoms with Crippen LogP contribution in [0.4, 0.5) is 5.69 Å². The number of hydrogen-bond donors (Lipinski definition) is 1. The van der Waals surface area contributed by atoms with Crippen molar-refractivity contribution in [1.29, 1.82) is 0 Å². The molecule has 0 unspecified atom stereocenters. The van der Waals surface area contributed by atoms with E-state index in [0.717, 1.165) is 11.4 Å². The van der Waals surface area contributed by atoms with Crippen LogP contribution in [-0.2, 0) is 10.8 Å². The number of anilines is 1. The van der Waals surface area contributed by atoms with Gasteiger partial charge in [-0.2, -0.15) is 0 Å². The fraction of sp³-hybridized carbons (Fsp3) is 0.667. The minimum absolute atomic E-state index is 0.0893. The van der Waals surface area contributed by atoms with Crippen molar-refractivity contribution in [2.45, 2.75) is 52.4 Å². The smallest absolute Gasteiger partial charge is 0.291 e. The van der Waals surface area contributed by atoms with Gasteiger partial charge in [-0.1, -0.05) is 41.5 Å². The summed E-state index contributed by atoms with van der Waals surface area (Å²) in [6.45, 7) is 13.3. The van der Waals surface area contributed by atoms with E-state index in [1.54, 1.807) is 0 Å². The van der Waals surface area contributed by atoms with Gasteiger partial charge < -0.3 is 10.1 Å². The van der Waals surface area contributed by atoms with Crippen molar-refractivity contribution in [3.63, 3.8) is 0 Å². The van der Waals surface area contributed by atoms with E-state index >= 15 is 0 Å². The number of nitrogens with zero attached hydrogens (tertiary/aromatic N) is 3. The maximum atomic E-state index is 8.36. The summed E-state index contributed by atoms with van der Waals surface area (Å²) in [7, 11) is 4.16. The topological polar surface area (TPSA) is 79.5 Å². The Morgan fingerprint density at radius 1 is 1.05 bits per heavy atom. The molecule has 0 fully saturated rings. The van der Waals surface area contributed by atoms with Gasteiger partial charge in [0, 0.05) is 42.0 Å². The standard InChI is InChI=1S/C15H26N2.HNO3/c1-14(2,3)12-9-11(17(7)8)10-13(16-12)15(4,5)6;2-1(3)4/h9-10H,1-8H3;(H,2,3,4). The molecular formula is C15H27N3O3. The molecule has 0 bridgehead atoms. The van der Waals surface area contributed by atoms with Gasteiger partial charge in [0.15, 0.2) is 0 Å². The monoisotopic (exact) mass is 297 g/mol. The number of rotatable bonds is 1. The lowest BCUT2D eigenvalue weighted by Gasteiger charge is -2.26. The van der Waals surface area contributed by atoms with Gasteiger partial charge in [-0.3, -0.25) is 4.98 Å². The van der Waals surface area contributed by atoms with Crippen molar-refractivity contribution < 1.29 is 10.3 Å². The van der Waals surface area contributed by atoms with Crippen LogP contribution in [0.5, 0.6) is 0 Å². The summed E-state index contributed by atoms with van der Waals surface area (Å²) in [4.78, 5) is 15.3. The van der Waals surface area contributed by atoms with Gasteiger partial charge in [0.05, 0.1) is 0 Å². The van der Waals surface area contributed by atoms with Crippen LogP contribution < -0.4 is 4.90 Å². The first kappa shape index (κ1) is 19.1. The normalized spacial score (nSPS) is 11.4. The number of hydrogen-bond acceptors (Lipinski definition) is 4. The second-order valence-electron chi connectivity index (χ2n) is 7.23. The van der Waals surface area contributed by atoms with Crippen molar-refractivity contribution in [2.75, 3.05) is 19.0 Å². The van der Waals surface area contributed by atoms with E-state index < -0.39 is 5.09 Å². The summed E-state index contributed by atoms with van der Waals surface area (Å²) in [5.41, 5.74) is 3.73. The molecular weight excluding hydrogens is 270 g/mol. The Morgan fingerprint density at radius 3 is 1.52 bits per heavy atom. The zero-order valence-corrected chi connectivity index (χ0v) is 14.3. The first-order valence-corrected chi connectivity index (χ1v) is 6.79. The Bertz CT molecular complexity index is 450. The van der Waals surface area contributed by atoms with E-state index in [4.69, 9.17) is 20.3 Å². The van der Waals surface area contributed by atoms with Crippen LogP contribution in [0, 0.1) is 10.1 Å². The fourth-order valence-corrected chi connectivity index (χ4v) is 1.54. The third-order valence-corrected chi connectivity index (χ3v) is 2.86. The molecule has 0 atom stereocenters. The summed E-state index contributed by atoms with van der Waals surface area (Å²) in [5, 5.41) is 13.6. The number of pyridine rings is 1. The molecule has 120 valence electrons. The molecule has 1 heterocycles. The predicted octanol–water partition coefficient (Wildman–Crippen LogP) is 3.39. The molecule has 0 radical (unpaired) electrons. The van der Waals surface area contributed by atoms with Crippen molar-refractivity contribution in [3.8, 4) is 0 Å². The molecule has 6 heteroatoms. The molecule has 6 nitrogen and oxygen atoms in total. The predicted molar refractivity (Wildman–Crippen MR) is 84.7 cm³/mol. The lowest BCUT2D eigenvalue weighted by atomic mass is 9.87. The lowest BCUT2D eigenvalue weighted by Crippen LogP contribution is -2.22. The van der Waals surface area contributed by atoms with Crippen molar-refractivity contribution in [2.24, 2.45) is 0 Å². The molecule has 0 aliphatic rings. The van der Waals surface area contributed by atoms with Gasteiger partial charge in [0.2, 0.25) is 0 Å². The van der Waals surface area contributed by atoms with Crippen LogP contribution in [0.25, 0.3) is 0 Å². The molecule has 1 aromatic heterocycles. The Kier molecular flexibility index (Phi) is 6.14. The zero-order chi connectivity index (χ0) is 17.0. The van der Waals surface area contributed by atoms with Gasteiger partial charge in [-0.05, 0) is 12.1 Å². The quantitative estimate of drug-likeness (QED) is 0.635. The summed E-state index contributed by atoms with van der Waals surface area (Å²) >= 11 is 0. The van der Waals surface area contributed by atoms with Gasteiger partial charge in [0.25, 0.3) is 5.09 Å². The van der Waals surface area contributed by atoms with Crippen LogP contribution >= 0.6 is 0 Å². The zero-order valence-electron chi connectivity index (χ0n) is 14.3. The van der Waals surface area contributed by atoms with Crippen LogP contribution in [0.2, 0.25) is 0 Å². The third kappa shape index (κ3) is 6.92. The summed E-state index contributed by atoms with van der Waals surface area (Å²) in [6, 6.07) is 4.38. The summed E-state index contributed by atoms with van der Waals surface area (Å²) < 4.78 is 0. The third-order valence-electron chi connectivity index (χ3n) is 2.86. The largest absolute Gasteiger partial charge is 0.378 e. The highest BCUT2D eigenvalue weighted by Gasteiger charge is 2.22. The Balaban J connectivity index is 0.000000885. The molecule has 0 aliphatic carbocycles. The molecule has 1 rings (SSSR count). The van der Waals surface area contributed by atoms with Crippen LogP contribution in [0.3, 0.4) is 0 Å². The van der Waals surface area contributed by atoms with E-state index in [0.29, 0.717) is 0 Å². The molecule has 1 N–H and O–H groups in total. The first-order chi connectivity index (χ1) is 9.25. The van der Waals surface area contributed by atoms with E-state index in [1.807, 2.05) is 0 Å². The number of aromatic nitrogens is 1. The molecule has 0 amide bonds. The van der Waals surface area contributed by atoms with Crippen LogP contribution in [0.15, 0.2) is 12.1 Å². The fourth-order valence-electron chi connectivity index (χ4n) is 1.54. The van der Waals surface area contributed by atoms with Gasteiger partial charge >= 0.3 is 0 Å². The highest BCUT2D eigenvalue weighted by molar-refractivity contribution is 5.49. The Hall–Kier alpha value is -1.85. The molecule has 0 saturated carbocycles. The molecule has 1 aromatic rings. The van der Waals surface area contributed by atoms with Crippen molar-refractivity contribution >= 4 is 5.69 Å². The molecule has 0 aromatic carbocycles. The van der Waals surface area contributed by atoms with E-state index in [1.165, 1.54) is 5.69 Å². The summed E-state index contributed by atoms with van der Waals surface area (Å²) in [6.07, 6.45) is 0. The van der Waals surface area contributed by atoms with E-state index in [-0.39, 0.29) is 10.8 Å². The highest BCUT2D eigenvalue weighted by Crippen LogP contribution is 2.29. The lowest BCUT2D eigenvalue weighted by molar-refractivity contribution is -0.742. The molecule has 0 saturated heterocycles.